The van der Waals surface area contributed by atoms with Gasteiger partial charge in [0.15, 0.2) is 0 Å². The summed E-state index contributed by atoms with van der Waals surface area (Å²) in [6.45, 7) is 2.08. The average Bonchev–Trinajstić information content (AvgIpc) is 2.89. The molecule has 1 heterocycles. The minimum Gasteiger partial charge on any atom is -0.478 e. The van der Waals surface area contributed by atoms with E-state index in [1.54, 1.807) is 18.0 Å². The highest BCUT2D eigenvalue weighted by molar-refractivity contribution is 7.99. The molecule has 0 aliphatic rings. The molecule has 0 radical (unpaired) electrons. The minimum atomic E-state index is -0.171. The number of hydrogen-bond acceptors (Lipinski definition) is 4. The summed E-state index contributed by atoms with van der Waals surface area (Å²) in [4.78, 5) is 16.4. The van der Waals surface area contributed by atoms with Gasteiger partial charge in [0.2, 0.25) is 0 Å². The van der Waals surface area contributed by atoms with Crippen molar-refractivity contribution in [3.63, 3.8) is 0 Å². The molecule has 108 valence electrons. The van der Waals surface area contributed by atoms with Gasteiger partial charge in [0.25, 0.3) is 0 Å². The van der Waals surface area contributed by atoms with Crippen LogP contribution in [0.1, 0.15) is 19.0 Å². The zero-order chi connectivity index (χ0) is 14.4. The number of ether oxygens (including phenoxy) is 1. The van der Waals surface area contributed by atoms with Crippen molar-refractivity contribution < 1.29 is 4.74 Å². The Bertz CT molecular complexity index is 594. The van der Waals surface area contributed by atoms with Crippen molar-refractivity contribution in [2.45, 2.75) is 24.5 Å². The summed E-state index contributed by atoms with van der Waals surface area (Å²) in [5, 5.41) is 3.12. The zero-order valence-corrected chi connectivity index (χ0v) is 12.4. The van der Waals surface area contributed by atoms with Crippen molar-refractivity contribution in [1.82, 2.24) is 9.97 Å². The molecule has 0 saturated heterocycles. The Balaban J connectivity index is 1.96. The van der Waals surface area contributed by atoms with Crippen LogP contribution in [0.3, 0.4) is 0 Å². The number of H-pyrrole nitrogens is 2. The SMILES string of the molecule is CCC(Oc1ccccc1NC)SCc1c[nH]c(=O)[nH]1. The van der Waals surface area contributed by atoms with E-state index in [2.05, 4.69) is 22.2 Å². The van der Waals surface area contributed by atoms with Crippen molar-refractivity contribution in [1.29, 1.82) is 0 Å². The fraction of sp³-hybridized carbons (Fsp3) is 0.357. The molecule has 1 aromatic carbocycles. The largest absolute Gasteiger partial charge is 0.478 e. The molecule has 3 N–H and O–H groups in total. The maximum absolute atomic E-state index is 11.0. The van der Waals surface area contributed by atoms with Crippen LogP contribution in [0.2, 0.25) is 0 Å². The third-order valence-corrected chi connectivity index (χ3v) is 4.10. The van der Waals surface area contributed by atoms with E-state index >= 15 is 0 Å². The third kappa shape index (κ3) is 3.84. The number of aromatic nitrogens is 2. The van der Waals surface area contributed by atoms with Crippen LogP contribution in [0.25, 0.3) is 0 Å². The van der Waals surface area contributed by atoms with Gasteiger partial charge in [-0.3, -0.25) is 0 Å². The van der Waals surface area contributed by atoms with Crippen LogP contribution in [-0.2, 0) is 5.75 Å². The van der Waals surface area contributed by atoms with Crippen molar-refractivity contribution in [2.75, 3.05) is 12.4 Å². The number of para-hydroxylation sites is 2. The van der Waals surface area contributed by atoms with E-state index in [9.17, 15) is 4.79 Å². The van der Waals surface area contributed by atoms with Gasteiger partial charge in [0.1, 0.15) is 11.2 Å². The van der Waals surface area contributed by atoms with Gasteiger partial charge in [-0.1, -0.05) is 19.1 Å². The van der Waals surface area contributed by atoms with Crippen LogP contribution in [0.5, 0.6) is 5.75 Å². The van der Waals surface area contributed by atoms with Gasteiger partial charge in [0, 0.05) is 24.7 Å². The molecule has 0 fully saturated rings. The summed E-state index contributed by atoms with van der Waals surface area (Å²) in [5.41, 5.74) is 1.73. The quantitative estimate of drug-likeness (QED) is 0.687. The zero-order valence-electron chi connectivity index (χ0n) is 11.6. The van der Waals surface area contributed by atoms with Crippen molar-refractivity contribution >= 4 is 17.4 Å². The van der Waals surface area contributed by atoms with Gasteiger partial charge in [-0.25, -0.2) is 4.79 Å². The highest BCUT2D eigenvalue weighted by Gasteiger charge is 2.11. The molecular weight excluding hydrogens is 274 g/mol. The Labute approximate surface area is 122 Å². The lowest BCUT2D eigenvalue weighted by atomic mass is 10.3. The third-order valence-electron chi connectivity index (χ3n) is 2.82. The summed E-state index contributed by atoms with van der Waals surface area (Å²) in [5.74, 6) is 1.55. The number of rotatable bonds is 7. The monoisotopic (exact) mass is 293 g/mol. The molecule has 2 aromatic rings. The maximum atomic E-state index is 11.0. The molecule has 1 aromatic heterocycles. The number of aromatic amines is 2. The molecule has 5 nitrogen and oxygen atoms in total. The number of nitrogens with one attached hydrogen (secondary N) is 3. The molecule has 20 heavy (non-hydrogen) atoms. The first-order chi connectivity index (χ1) is 9.72. The molecule has 0 bridgehead atoms. The lowest BCUT2D eigenvalue weighted by Crippen LogP contribution is -2.12. The second kappa shape index (κ2) is 7.09. The van der Waals surface area contributed by atoms with E-state index in [1.165, 1.54) is 0 Å². The maximum Gasteiger partial charge on any atom is 0.323 e. The van der Waals surface area contributed by atoms with Crippen molar-refractivity contribution in [3.8, 4) is 5.75 Å². The highest BCUT2D eigenvalue weighted by Crippen LogP contribution is 2.28. The van der Waals surface area contributed by atoms with Crippen LogP contribution in [0, 0.1) is 0 Å². The van der Waals surface area contributed by atoms with Crippen LogP contribution in [-0.4, -0.2) is 22.5 Å². The first kappa shape index (κ1) is 14.6. The molecule has 0 spiro atoms. The second-order valence-electron chi connectivity index (χ2n) is 4.28. The van der Waals surface area contributed by atoms with Gasteiger partial charge in [0.05, 0.1) is 5.69 Å². The highest BCUT2D eigenvalue weighted by atomic mass is 32.2. The number of thioether (sulfide) groups is 1. The van der Waals surface area contributed by atoms with E-state index in [-0.39, 0.29) is 11.1 Å². The first-order valence-corrected chi connectivity index (χ1v) is 7.59. The van der Waals surface area contributed by atoms with Crippen LogP contribution in [0.4, 0.5) is 5.69 Å². The summed E-state index contributed by atoms with van der Waals surface area (Å²) >= 11 is 1.66. The topological polar surface area (TPSA) is 69.9 Å². The Morgan fingerprint density at radius 2 is 2.20 bits per heavy atom. The standard InChI is InChI=1S/C14H19N3O2S/c1-3-13(20-9-10-8-16-14(18)17-10)19-12-7-5-4-6-11(12)15-2/h4-8,13,15H,3,9H2,1-2H3,(H2,16,17,18). The van der Waals surface area contributed by atoms with E-state index in [1.807, 2.05) is 31.3 Å². The van der Waals surface area contributed by atoms with Gasteiger partial charge >= 0.3 is 5.69 Å². The number of hydrogen-bond donors (Lipinski definition) is 3. The van der Waals surface area contributed by atoms with Crippen molar-refractivity contribution in [3.05, 3.63) is 46.6 Å². The Morgan fingerprint density at radius 1 is 1.40 bits per heavy atom. The molecule has 0 saturated carbocycles. The molecular formula is C14H19N3O2S. The normalized spacial score (nSPS) is 12.1. The van der Waals surface area contributed by atoms with E-state index in [0.29, 0.717) is 5.75 Å². The minimum absolute atomic E-state index is 0.0444. The predicted molar refractivity (Wildman–Crippen MR) is 83.4 cm³/mol. The van der Waals surface area contributed by atoms with Crippen LogP contribution in [0.15, 0.2) is 35.3 Å². The average molecular weight is 293 g/mol. The first-order valence-electron chi connectivity index (χ1n) is 6.54. The summed E-state index contributed by atoms with van der Waals surface area (Å²) in [6.07, 6.45) is 2.58. The molecule has 0 amide bonds. The van der Waals surface area contributed by atoms with Crippen LogP contribution < -0.4 is 15.7 Å². The molecule has 2 rings (SSSR count). The van der Waals surface area contributed by atoms with Crippen molar-refractivity contribution in [2.24, 2.45) is 0 Å². The lowest BCUT2D eigenvalue weighted by molar-refractivity contribution is 0.285. The summed E-state index contributed by atoms with van der Waals surface area (Å²) < 4.78 is 6.01. The van der Waals surface area contributed by atoms with Gasteiger partial charge < -0.3 is 20.0 Å². The Morgan fingerprint density at radius 3 is 2.85 bits per heavy atom. The molecule has 0 aliphatic heterocycles. The van der Waals surface area contributed by atoms with E-state index < -0.39 is 0 Å². The van der Waals surface area contributed by atoms with Gasteiger partial charge in [-0.15, -0.1) is 11.8 Å². The molecule has 1 unspecified atom stereocenters. The summed E-state index contributed by atoms with van der Waals surface area (Å²) in [7, 11) is 1.88. The molecule has 6 heteroatoms. The van der Waals surface area contributed by atoms with Gasteiger partial charge in [-0.05, 0) is 18.6 Å². The molecule has 0 aliphatic carbocycles. The fourth-order valence-corrected chi connectivity index (χ4v) is 2.71. The predicted octanol–water partition coefficient (Wildman–Crippen LogP) is 2.79. The Kier molecular flexibility index (Phi) is 5.17. The fourth-order valence-electron chi connectivity index (χ4n) is 1.78. The van der Waals surface area contributed by atoms with E-state index in [0.717, 1.165) is 23.6 Å². The number of benzene rings is 1. The van der Waals surface area contributed by atoms with Gasteiger partial charge in [-0.2, -0.15) is 0 Å². The molecule has 1 atom stereocenters. The lowest BCUT2D eigenvalue weighted by Gasteiger charge is -2.18. The number of anilines is 1. The van der Waals surface area contributed by atoms with E-state index in [4.69, 9.17) is 4.74 Å². The number of imidazole rings is 1. The Hall–Kier alpha value is -1.82. The summed E-state index contributed by atoms with van der Waals surface area (Å²) in [6, 6.07) is 7.86. The van der Waals surface area contributed by atoms with Crippen LogP contribution >= 0.6 is 11.8 Å². The smallest absolute Gasteiger partial charge is 0.323 e. The second-order valence-corrected chi connectivity index (χ2v) is 5.43.